The summed E-state index contributed by atoms with van der Waals surface area (Å²) in [4.78, 5) is 16.6. The van der Waals surface area contributed by atoms with Crippen LogP contribution in [-0.2, 0) is 4.74 Å². The third kappa shape index (κ3) is 5.66. The number of hydrogen-bond acceptors (Lipinski definition) is 4. The standard InChI is InChI=1S/C21H30N2O3/c24-20(17-26-16-18-7-3-1-4-8-18)15-22-11-13-23(14-12-22)21(25)19-9-5-2-6-10-19/h1-3,5-6,9-10,18,20,24H,4,7-8,11-17H2/t18-,20+/m1/s1. The molecule has 1 aliphatic heterocycles. The van der Waals surface area contributed by atoms with Crippen LogP contribution in [0.1, 0.15) is 29.6 Å². The second-order valence-electron chi connectivity index (χ2n) is 7.30. The Morgan fingerprint density at radius 2 is 1.92 bits per heavy atom. The van der Waals surface area contributed by atoms with Crippen molar-refractivity contribution in [2.45, 2.75) is 25.4 Å². The molecule has 2 atom stereocenters. The number of β-amino-alcohol motifs (C(OH)–C–C–N with tert-alkyl or cyclic N) is 1. The Morgan fingerprint density at radius 1 is 1.15 bits per heavy atom. The largest absolute Gasteiger partial charge is 0.389 e. The number of rotatable bonds is 7. The van der Waals surface area contributed by atoms with Gasteiger partial charge in [-0.3, -0.25) is 9.69 Å². The summed E-state index contributed by atoms with van der Waals surface area (Å²) in [6.07, 6.45) is 7.41. The fourth-order valence-electron chi connectivity index (χ4n) is 3.63. The summed E-state index contributed by atoms with van der Waals surface area (Å²) in [5.74, 6) is 0.690. The van der Waals surface area contributed by atoms with Crippen molar-refractivity contribution >= 4 is 5.91 Å². The summed E-state index contributed by atoms with van der Waals surface area (Å²) in [7, 11) is 0. The van der Waals surface area contributed by atoms with Crippen LogP contribution in [0.3, 0.4) is 0 Å². The van der Waals surface area contributed by atoms with Crippen molar-refractivity contribution in [3.63, 3.8) is 0 Å². The van der Waals surface area contributed by atoms with Crippen LogP contribution in [0.4, 0.5) is 0 Å². The lowest BCUT2D eigenvalue weighted by Crippen LogP contribution is -2.50. The molecule has 3 rings (SSSR count). The van der Waals surface area contributed by atoms with Gasteiger partial charge in [0.2, 0.25) is 0 Å². The van der Waals surface area contributed by atoms with E-state index < -0.39 is 6.10 Å². The SMILES string of the molecule is O=C(c1ccccc1)N1CCN(C[C@H](O)COC[C@@H]2CC=CCC2)CC1. The molecule has 5 heteroatoms. The maximum absolute atomic E-state index is 12.5. The first-order valence-corrected chi connectivity index (χ1v) is 9.70. The predicted molar refractivity (Wildman–Crippen MR) is 102 cm³/mol. The highest BCUT2D eigenvalue weighted by Crippen LogP contribution is 2.18. The van der Waals surface area contributed by atoms with Gasteiger partial charge in [0.15, 0.2) is 0 Å². The molecule has 26 heavy (non-hydrogen) atoms. The van der Waals surface area contributed by atoms with Gasteiger partial charge in [-0.25, -0.2) is 0 Å². The van der Waals surface area contributed by atoms with Crippen molar-refractivity contribution in [2.75, 3.05) is 45.9 Å². The van der Waals surface area contributed by atoms with Gasteiger partial charge in [0.1, 0.15) is 0 Å². The zero-order valence-electron chi connectivity index (χ0n) is 15.4. The van der Waals surface area contributed by atoms with Gasteiger partial charge in [0.05, 0.1) is 12.7 Å². The number of aliphatic hydroxyl groups is 1. The molecule has 0 radical (unpaired) electrons. The molecule has 142 valence electrons. The molecule has 1 fully saturated rings. The van der Waals surface area contributed by atoms with Gasteiger partial charge in [-0.1, -0.05) is 30.4 Å². The van der Waals surface area contributed by atoms with Crippen LogP contribution in [-0.4, -0.2) is 72.9 Å². The van der Waals surface area contributed by atoms with E-state index in [2.05, 4.69) is 17.1 Å². The summed E-state index contributed by atoms with van der Waals surface area (Å²) in [5, 5.41) is 10.2. The molecule has 1 aliphatic carbocycles. The van der Waals surface area contributed by atoms with Crippen LogP contribution >= 0.6 is 0 Å². The molecule has 2 aliphatic rings. The highest BCUT2D eigenvalue weighted by atomic mass is 16.5. The van der Waals surface area contributed by atoms with E-state index in [9.17, 15) is 9.90 Å². The number of carbonyl (C=O) groups is 1. The number of allylic oxidation sites excluding steroid dienone is 2. The van der Waals surface area contributed by atoms with Crippen LogP contribution in [0.15, 0.2) is 42.5 Å². The van der Waals surface area contributed by atoms with Crippen LogP contribution in [0.5, 0.6) is 0 Å². The number of ether oxygens (including phenoxy) is 1. The molecule has 1 aromatic rings. The van der Waals surface area contributed by atoms with Crippen LogP contribution < -0.4 is 0 Å². The molecule has 1 saturated heterocycles. The van der Waals surface area contributed by atoms with Gasteiger partial charge in [0, 0.05) is 44.9 Å². The van der Waals surface area contributed by atoms with Crippen LogP contribution in [0.2, 0.25) is 0 Å². The zero-order chi connectivity index (χ0) is 18.2. The number of hydrogen-bond donors (Lipinski definition) is 1. The van der Waals surface area contributed by atoms with Crippen molar-refractivity contribution in [2.24, 2.45) is 5.92 Å². The first-order chi connectivity index (χ1) is 12.7. The minimum Gasteiger partial charge on any atom is -0.389 e. The summed E-state index contributed by atoms with van der Waals surface area (Å²) >= 11 is 0. The molecule has 0 unspecified atom stereocenters. The molecule has 1 aromatic carbocycles. The third-order valence-electron chi connectivity index (χ3n) is 5.19. The Labute approximate surface area is 156 Å². The molecule has 5 nitrogen and oxygen atoms in total. The van der Waals surface area contributed by atoms with Crippen molar-refractivity contribution in [1.82, 2.24) is 9.80 Å². The minimum absolute atomic E-state index is 0.0932. The van der Waals surface area contributed by atoms with Crippen LogP contribution in [0.25, 0.3) is 0 Å². The number of benzene rings is 1. The molecular formula is C21H30N2O3. The van der Waals surface area contributed by atoms with Crippen molar-refractivity contribution < 1.29 is 14.6 Å². The van der Waals surface area contributed by atoms with E-state index in [1.807, 2.05) is 35.2 Å². The summed E-state index contributed by atoms with van der Waals surface area (Å²) < 4.78 is 5.72. The predicted octanol–water partition coefficient (Wildman–Crippen LogP) is 2.18. The Kier molecular flexibility index (Phi) is 7.23. The van der Waals surface area contributed by atoms with E-state index in [0.29, 0.717) is 32.2 Å². The van der Waals surface area contributed by atoms with Gasteiger partial charge in [0.25, 0.3) is 5.91 Å². The number of aliphatic hydroxyl groups excluding tert-OH is 1. The molecular weight excluding hydrogens is 328 g/mol. The van der Waals surface area contributed by atoms with Gasteiger partial charge in [-0.15, -0.1) is 0 Å². The van der Waals surface area contributed by atoms with Crippen molar-refractivity contribution in [3.8, 4) is 0 Å². The third-order valence-corrected chi connectivity index (χ3v) is 5.19. The minimum atomic E-state index is -0.467. The smallest absolute Gasteiger partial charge is 0.253 e. The maximum Gasteiger partial charge on any atom is 0.253 e. The molecule has 1 heterocycles. The van der Waals surface area contributed by atoms with Crippen molar-refractivity contribution in [1.29, 1.82) is 0 Å². The fourth-order valence-corrected chi connectivity index (χ4v) is 3.63. The lowest BCUT2D eigenvalue weighted by atomic mass is 9.95. The number of amides is 1. The number of piperazine rings is 1. The highest BCUT2D eigenvalue weighted by molar-refractivity contribution is 5.94. The van der Waals surface area contributed by atoms with E-state index in [1.54, 1.807) is 0 Å². The quantitative estimate of drug-likeness (QED) is 0.759. The molecule has 0 spiro atoms. The van der Waals surface area contributed by atoms with Gasteiger partial charge >= 0.3 is 0 Å². The Balaban J connectivity index is 1.33. The first kappa shape index (κ1) is 19.1. The van der Waals surface area contributed by atoms with E-state index >= 15 is 0 Å². The lowest BCUT2D eigenvalue weighted by Gasteiger charge is -2.35. The maximum atomic E-state index is 12.5. The van der Waals surface area contributed by atoms with E-state index in [4.69, 9.17) is 4.74 Å². The van der Waals surface area contributed by atoms with Gasteiger partial charge < -0.3 is 14.7 Å². The topological polar surface area (TPSA) is 53.0 Å². The number of nitrogens with zero attached hydrogens (tertiary/aromatic N) is 2. The van der Waals surface area contributed by atoms with Crippen LogP contribution in [0, 0.1) is 5.92 Å². The molecule has 0 saturated carbocycles. The lowest BCUT2D eigenvalue weighted by molar-refractivity contribution is -0.00300. The van der Waals surface area contributed by atoms with Crippen molar-refractivity contribution in [3.05, 3.63) is 48.0 Å². The number of carbonyl (C=O) groups excluding carboxylic acids is 1. The molecule has 0 bridgehead atoms. The fraction of sp³-hybridized carbons (Fsp3) is 0.571. The zero-order valence-corrected chi connectivity index (χ0v) is 15.4. The average Bonchev–Trinajstić information content (AvgIpc) is 2.69. The first-order valence-electron chi connectivity index (χ1n) is 9.70. The monoisotopic (exact) mass is 358 g/mol. The summed E-state index contributed by atoms with van der Waals surface area (Å²) in [6.45, 7) is 4.74. The Bertz CT molecular complexity index is 582. The van der Waals surface area contributed by atoms with E-state index in [0.717, 1.165) is 38.1 Å². The van der Waals surface area contributed by atoms with Gasteiger partial charge in [-0.2, -0.15) is 0 Å². The highest BCUT2D eigenvalue weighted by Gasteiger charge is 2.23. The molecule has 1 N–H and O–H groups in total. The molecule has 1 amide bonds. The summed E-state index contributed by atoms with van der Waals surface area (Å²) in [5.41, 5.74) is 0.743. The Morgan fingerprint density at radius 3 is 2.62 bits per heavy atom. The van der Waals surface area contributed by atoms with Gasteiger partial charge in [-0.05, 0) is 37.3 Å². The summed E-state index contributed by atoms with van der Waals surface area (Å²) in [6, 6.07) is 9.42. The normalized spacial score (nSPS) is 22.3. The average molecular weight is 358 g/mol. The molecule has 0 aromatic heterocycles. The Hall–Kier alpha value is -1.69. The van der Waals surface area contributed by atoms with E-state index in [1.165, 1.54) is 6.42 Å². The second kappa shape index (κ2) is 9.86. The second-order valence-corrected chi connectivity index (χ2v) is 7.30. The van der Waals surface area contributed by atoms with E-state index in [-0.39, 0.29) is 5.91 Å².